The first kappa shape index (κ1) is 20.7. The maximum absolute atomic E-state index is 12.9. The molecule has 2 aromatic rings. The maximum Gasteiger partial charge on any atom is 0.417 e. The van der Waals surface area contributed by atoms with E-state index in [1.165, 1.54) is 12.1 Å². The zero-order valence-electron chi connectivity index (χ0n) is 16.2. The van der Waals surface area contributed by atoms with E-state index in [4.69, 9.17) is 11.6 Å². The van der Waals surface area contributed by atoms with Gasteiger partial charge in [-0.05, 0) is 56.7 Å². The number of benzene rings is 1. The van der Waals surface area contributed by atoms with Gasteiger partial charge >= 0.3 is 6.18 Å². The maximum atomic E-state index is 12.9. The average Bonchev–Trinajstić information content (AvgIpc) is 3.19. The van der Waals surface area contributed by atoms with Gasteiger partial charge in [0.05, 0.1) is 16.3 Å². The van der Waals surface area contributed by atoms with Gasteiger partial charge in [-0.25, -0.2) is 9.97 Å². The van der Waals surface area contributed by atoms with Crippen LogP contribution in [0.15, 0.2) is 40.7 Å². The highest BCUT2D eigenvalue weighted by molar-refractivity contribution is 6.32. The van der Waals surface area contributed by atoms with Crippen molar-refractivity contribution in [1.29, 1.82) is 0 Å². The smallest absolute Gasteiger partial charge is 0.367 e. The van der Waals surface area contributed by atoms with E-state index >= 15 is 0 Å². The minimum Gasteiger partial charge on any atom is -0.367 e. The van der Waals surface area contributed by atoms with E-state index in [-0.39, 0.29) is 5.02 Å². The first-order valence-electron chi connectivity index (χ1n) is 9.58. The van der Waals surface area contributed by atoms with Gasteiger partial charge in [0.25, 0.3) is 0 Å². The zero-order chi connectivity index (χ0) is 21.3. The number of halogens is 4. The van der Waals surface area contributed by atoms with E-state index in [9.17, 15) is 13.2 Å². The number of nitrogens with one attached hydrogen (secondary N) is 1. The topological polar surface area (TPSA) is 65.8 Å². The van der Waals surface area contributed by atoms with Crippen LogP contribution in [0.2, 0.25) is 5.02 Å². The fraction of sp³-hybridized carbons (Fsp3) is 0.400. The number of hydrogen-bond acceptors (Lipinski definition) is 6. The second-order valence-electron chi connectivity index (χ2n) is 7.45. The summed E-state index contributed by atoms with van der Waals surface area (Å²) in [6.07, 6.45) is -0.435. The molecule has 1 aromatic carbocycles. The summed E-state index contributed by atoms with van der Waals surface area (Å²) in [5.41, 5.74) is 0.710. The number of aromatic nitrogens is 2. The van der Waals surface area contributed by atoms with Gasteiger partial charge in [0.15, 0.2) is 5.82 Å². The van der Waals surface area contributed by atoms with Crippen molar-refractivity contribution in [2.45, 2.75) is 31.5 Å². The molecule has 2 aliphatic rings. The Hall–Kier alpha value is -2.52. The number of rotatable bonds is 4. The SMILES string of the molecule is CN1CCC(Nc2ccnc(C3=NN=C(c4ccc(C(F)(F)F)c(Cl)c4)C3)n2)CC1. The summed E-state index contributed by atoms with van der Waals surface area (Å²) in [5.74, 6) is 1.17. The summed E-state index contributed by atoms with van der Waals surface area (Å²) in [6, 6.07) is 5.75. The summed E-state index contributed by atoms with van der Waals surface area (Å²) in [4.78, 5) is 11.1. The average molecular weight is 437 g/mol. The van der Waals surface area contributed by atoms with Crippen LogP contribution in [0.4, 0.5) is 19.0 Å². The van der Waals surface area contributed by atoms with Crippen molar-refractivity contribution < 1.29 is 13.2 Å². The molecule has 0 spiro atoms. The molecule has 10 heteroatoms. The third kappa shape index (κ3) is 4.62. The Bertz CT molecular complexity index is 996. The number of alkyl halides is 3. The summed E-state index contributed by atoms with van der Waals surface area (Å²) in [6.45, 7) is 2.07. The Kier molecular flexibility index (Phi) is 5.75. The molecule has 30 heavy (non-hydrogen) atoms. The lowest BCUT2D eigenvalue weighted by molar-refractivity contribution is -0.137. The van der Waals surface area contributed by atoms with Crippen LogP contribution in [0.1, 0.15) is 36.2 Å². The fourth-order valence-electron chi connectivity index (χ4n) is 3.50. The first-order chi connectivity index (χ1) is 14.3. The van der Waals surface area contributed by atoms with Crippen LogP contribution in [0, 0.1) is 0 Å². The van der Waals surface area contributed by atoms with Crippen molar-refractivity contribution >= 4 is 28.8 Å². The van der Waals surface area contributed by atoms with Crippen molar-refractivity contribution in [3.63, 3.8) is 0 Å². The fourth-order valence-corrected chi connectivity index (χ4v) is 3.79. The molecule has 0 saturated carbocycles. The van der Waals surface area contributed by atoms with E-state index in [0.29, 0.717) is 35.3 Å². The molecule has 1 aromatic heterocycles. The summed E-state index contributed by atoms with van der Waals surface area (Å²) >= 11 is 5.82. The van der Waals surface area contributed by atoms with Crippen LogP contribution in [0.3, 0.4) is 0 Å². The lowest BCUT2D eigenvalue weighted by Crippen LogP contribution is -2.36. The quantitative estimate of drug-likeness (QED) is 0.778. The second-order valence-corrected chi connectivity index (χ2v) is 7.86. The molecule has 4 rings (SSSR count). The van der Waals surface area contributed by atoms with Gasteiger partial charge in [0.1, 0.15) is 11.5 Å². The van der Waals surface area contributed by atoms with Gasteiger partial charge in [-0.3, -0.25) is 0 Å². The molecule has 1 fully saturated rings. The molecule has 3 heterocycles. The minimum atomic E-state index is -4.50. The number of hydrogen-bond donors (Lipinski definition) is 1. The van der Waals surface area contributed by atoms with Crippen LogP contribution in [-0.2, 0) is 6.18 Å². The van der Waals surface area contributed by atoms with Crippen molar-refractivity contribution in [2.24, 2.45) is 10.2 Å². The highest BCUT2D eigenvalue weighted by atomic mass is 35.5. The Morgan fingerprint density at radius 3 is 2.53 bits per heavy atom. The van der Waals surface area contributed by atoms with E-state index in [0.717, 1.165) is 37.8 Å². The minimum absolute atomic E-state index is 0.319. The van der Waals surface area contributed by atoms with Crippen LogP contribution < -0.4 is 5.32 Å². The van der Waals surface area contributed by atoms with Gasteiger partial charge in [-0.15, -0.1) is 0 Å². The zero-order valence-corrected chi connectivity index (χ0v) is 17.0. The molecular weight excluding hydrogens is 417 g/mol. The van der Waals surface area contributed by atoms with Crippen molar-refractivity contribution in [3.8, 4) is 0 Å². The third-order valence-corrected chi connectivity index (χ3v) is 5.53. The highest BCUT2D eigenvalue weighted by Crippen LogP contribution is 2.35. The Morgan fingerprint density at radius 1 is 1.10 bits per heavy atom. The molecule has 0 bridgehead atoms. The molecule has 158 valence electrons. The van der Waals surface area contributed by atoms with Crippen LogP contribution in [-0.4, -0.2) is 52.5 Å². The van der Waals surface area contributed by atoms with Gasteiger partial charge < -0.3 is 10.2 Å². The summed E-state index contributed by atoms with van der Waals surface area (Å²) in [7, 11) is 2.11. The van der Waals surface area contributed by atoms with Crippen LogP contribution in [0.5, 0.6) is 0 Å². The Labute approximate surface area is 176 Å². The Morgan fingerprint density at radius 2 is 1.83 bits per heavy atom. The van der Waals surface area contributed by atoms with E-state index < -0.39 is 11.7 Å². The summed E-state index contributed by atoms with van der Waals surface area (Å²) < 4.78 is 38.7. The number of likely N-dealkylation sites (tertiary alicyclic amines) is 1. The predicted molar refractivity (Wildman–Crippen MR) is 110 cm³/mol. The first-order valence-corrected chi connectivity index (χ1v) is 9.96. The summed E-state index contributed by atoms with van der Waals surface area (Å²) in [5, 5.41) is 11.3. The second kappa shape index (κ2) is 8.31. The molecule has 1 saturated heterocycles. The Balaban J connectivity index is 1.43. The molecule has 0 amide bonds. The molecule has 0 unspecified atom stereocenters. The van der Waals surface area contributed by atoms with Crippen LogP contribution >= 0.6 is 11.6 Å². The molecule has 0 radical (unpaired) electrons. The standard InChI is InChI=1S/C20H20ClF3N6/c1-30-8-5-13(6-9-30)26-18-4-7-25-19(27-18)17-11-16(28-29-17)12-2-3-14(15(21)10-12)20(22,23)24/h2-4,7,10,13H,5-6,8-9,11H2,1H3,(H,25,26,27). The van der Waals surface area contributed by atoms with Gasteiger partial charge in [-0.2, -0.15) is 23.4 Å². The lowest BCUT2D eigenvalue weighted by Gasteiger charge is -2.29. The largest absolute Gasteiger partial charge is 0.417 e. The molecule has 0 atom stereocenters. The lowest BCUT2D eigenvalue weighted by atomic mass is 10.0. The van der Waals surface area contributed by atoms with Gasteiger partial charge in [-0.1, -0.05) is 17.7 Å². The monoisotopic (exact) mass is 436 g/mol. The predicted octanol–water partition coefficient (Wildman–Crippen LogP) is 4.25. The third-order valence-electron chi connectivity index (χ3n) is 5.22. The van der Waals surface area contributed by atoms with Crippen LogP contribution in [0.25, 0.3) is 0 Å². The van der Waals surface area contributed by atoms with E-state index in [2.05, 4.69) is 37.4 Å². The molecule has 6 nitrogen and oxygen atoms in total. The highest BCUT2D eigenvalue weighted by Gasteiger charge is 2.33. The normalized spacial score (nSPS) is 18.3. The molecule has 1 N–H and O–H groups in total. The number of anilines is 1. The number of nitrogens with zero attached hydrogens (tertiary/aromatic N) is 5. The van der Waals surface area contributed by atoms with E-state index in [1.807, 2.05) is 6.07 Å². The van der Waals surface area contributed by atoms with E-state index in [1.54, 1.807) is 6.20 Å². The van der Waals surface area contributed by atoms with Crippen molar-refractivity contribution in [1.82, 2.24) is 14.9 Å². The van der Waals surface area contributed by atoms with Crippen molar-refractivity contribution in [3.05, 3.63) is 52.4 Å². The molecular formula is C20H20ClF3N6. The number of piperidine rings is 1. The van der Waals surface area contributed by atoms with Gasteiger partial charge in [0.2, 0.25) is 0 Å². The van der Waals surface area contributed by atoms with Crippen molar-refractivity contribution in [2.75, 3.05) is 25.5 Å². The van der Waals surface area contributed by atoms with Gasteiger partial charge in [0, 0.05) is 18.7 Å². The molecule has 2 aliphatic heterocycles. The molecule has 0 aliphatic carbocycles.